The number of hydrogen-bond donors (Lipinski definition) is 1. The lowest BCUT2D eigenvalue weighted by molar-refractivity contribution is 0.0988. The molecule has 1 amide bonds. The van der Waals surface area contributed by atoms with Gasteiger partial charge in [-0.25, -0.2) is 4.98 Å². The minimum atomic E-state index is -0.0718. The van der Waals surface area contributed by atoms with Crippen LogP contribution in [0.25, 0.3) is 0 Å². The van der Waals surface area contributed by atoms with Crippen LogP contribution in [0.2, 0.25) is 0 Å². The fourth-order valence-electron chi connectivity index (χ4n) is 2.79. The zero-order valence-corrected chi connectivity index (χ0v) is 15.6. The second kappa shape index (κ2) is 8.85. The van der Waals surface area contributed by atoms with E-state index in [1.807, 2.05) is 68.4 Å². The molecule has 0 unspecified atom stereocenters. The summed E-state index contributed by atoms with van der Waals surface area (Å²) >= 11 is 0. The molecule has 0 aliphatic carbocycles. The van der Waals surface area contributed by atoms with Crippen molar-refractivity contribution in [3.63, 3.8) is 0 Å². The molecule has 0 radical (unpaired) electrons. The Balaban J connectivity index is 1.76. The van der Waals surface area contributed by atoms with Crippen LogP contribution in [0.5, 0.6) is 5.75 Å². The predicted octanol–water partition coefficient (Wildman–Crippen LogP) is 4.89. The molecule has 0 aliphatic rings. The maximum atomic E-state index is 12.8. The number of nitrogens with one attached hydrogen (secondary N) is 1. The molecule has 1 heterocycles. The van der Waals surface area contributed by atoms with Gasteiger partial charge in [0.05, 0.1) is 17.9 Å². The number of carbonyl (C=O) groups excluding carboxylic acids is 1. The average Bonchev–Trinajstić information content (AvgIpc) is 2.71. The molecular formula is C22H23N3O2. The zero-order chi connectivity index (χ0) is 19.1. The van der Waals surface area contributed by atoms with Crippen molar-refractivity contribution >= 4 is 23.1 Å². The van der Waals surface area contributed by atoms with Gasteiger partial charge in [0.1, 0.15) is 11.6 Å². The Hall–Kier alpha value is -3.34. The number of rotatable bonds is 7. The van der Waals surface area contributed by atoms with Crippen molar-refractivity contribution < 1.29 is 9.53 Å². The average molecular weight is 361 g/mol. The number of pyridine rings is 1. The second-order valence-corrected chi connectivity index (χ2v) is 5.87. The van der Waals surface area contributed by atoms with Gasteiger partial charge in [0, 0.05) is 18.4 Å². The van der Waals surface area contributed by atoms with Gasteiger partial charge in [-0.15, -0.1) is 0 Å². The van der Waals surface area contributed by atoms with Crippen molar-refractivity contribution in [2.45, 2.75) is 13.8 Å². The molecule has 138 valence electrons. The van der Waals surface area contributed by atoms with Crippen LogP contribution in [0.3, 0.4) is 0 Å². The summed E-state index contributed by atoms with van der Waals surface area (Å²) in [6, 6.07) is 20.9. The van der Waals surface area contributed by atoms with Crippen LogP contribution in [-0.4, -0.2) is 24.0 Å². The first-order valence-electron chi connectivity index (χ1n) is 9.04. The number of carbonyl (C=O) groups is 1. The Morgan fingerprint density at radius 3 is 2.41 bits per heavy atom. The highest BCUT2D eigenvalue weighted by Gasteiger charge is 2.16. The molecule has 27 heavy (non-hydrogen) atoms. The molecule has 0 saturated carbocycles. The number of hydrogen-bond acceptors (Lipinski definition) is 4. The SMILES string of the molecule is CCOc1ccccc1Nc1ccc(C(=O)N(CC)c2ccccc2)cn1. The molecular weight excluding hydrogens is 338 g/mol. The van der Waals surface area contributed by atoms with Crippen LogP contribution in [0.15, 0.2) is 72.9 Å². The van der Waals surface area contributed by atoms with Gasteiger partial charge in [0.2, 0.25) is 0 Å². The molecule has 0 bridgehead atoms. The lowest BCUT2D eigenvalue weighted by Gasteiger charge is -2.21. The van der Waals surface area contributed by atoms with Crippen molar-refractivity contribution in [2.75, 3.05) is 23.4 Å². The van der Waals surface area contributed by atoms with Gasteiger partial charge in [-0.05, 0) is 50.2 Å². The van der Waals surface area contributed by atoms with Crippen molar-refractivity contribution in [1.29, 1.82) is 0 Å². The number of para-hydroxylation sites is 3. The largest absolute Gasteiger partial charge is 0.492 e. The van der Waals surface area contributed by atoms with E-state index < -0.39 is 0 Å². The van der Waals surface area contributed by atoms with Gasteiger partial charge in [-0.2, -0.15) is 0 Å². The first kappa shape index (κ1) is 18.5. The molecule has 3 rings (SSSR count). The van der Waals surface area contributed by atoms with Crippen LogP contribution in [0.1, 0.15) is 24.2 Å². The van der Waals surface area contributed by atoms with Gasteiger partial charge >= 0.3 is 0 Å². The van der Waals surface area contributed by atoms with Crippen molar-refractivity contribution in [3.8, 4) is 5.75 Å². The Kier molecular flexibility index (Phi) is 6.05. The molecule has 0 spiro atoms. The Labute approximate surface area is 159 Å². The number of nitrogens with zero attached hydrogens (tertiary/aromatic N) is 2. The van der Waals surface area contributed by atoms with E-state index in [1.165, 1.54) is 0 Å². The molecule has 5 nitrogen and oxygen atoms in total. The topological polar surface area (TPSA) is 54.5 Å². The summed E-state index contributed by atoms with van der Waals surface area (Å²) in [5.41, 5.74) is 2.26. The summed E-state index contributed by atoms with van der Waals surface area (Å²) in [5.74, 6) is 1.35. The van der Waals surface area contributed by atoms with Crippen LogP contribution in [-0.2, 0) is 0 Å². The maximum absolute atomic E-state index is 12.8. The molecule has 0 saturated heterocycles. The maximum Gasteiger partial charge on any atom is 0.259 e. The number of aromatic nitrogens is 1. The molecule has 0 atom stereocenters. The van der Waals surface area contributed by atoms with E-state index in [0.29, 0.717) is 24.5 Å². The Morgan fingerprint density at radius 1 is 1.00 bits per heavy atom. The van der Waals surface area contributed by atoms with Crippen LogP contribution in [0.4, 0.5) is 17.2 Å². The lowest BCUT2D eigenvalue weighted by atomic mass is 10.2. The number of ether oxygens (including phenoxy) is 1. The third-order valence-corrected chi connectivity index (χ3v) is 4.09. The molecule has 0 fully saturated rings. The second-order valence-electron chi connectivity index (χ2n) is 5.87. The van der Waals surface area contributed by atoms with E-state index in [2.05, 4.69) is 10.3 Å². The Morgan fingerprint density at radius 2 is 1.74 bits per heavy atom. The number of amides is 1. The van der Waals surface area contributed by atoms with Crippen molar-refractivity contribution in [2.24, 2.45) is 0 Å². The van der Waals surface area contributed by atoms with Gasteiger partial charge in [0.15, 0.2) is 0 Å². The number of anilines is 3. The van der Waals surface area contributed by atoms with E-state index in [4.69, 9.17) is 4.74 Å². The van der Waals surface area contributed by atoms with Gasteiger partial charge in [0.25, 0.3) is 5.91 Å². The molecule has 0 aliphatic heterocycles. The van der Waals surface area contributed by atoms with Crippen LogP contribution >= 0.6 is 0 Å². The van der Waals surface area contributed by atoms with Gasteiger partial charge < -0.3 is 15.0 Å². The molecule has 2 aromatic carbocycles. The molecule has 1 N–H and O–H groups in total. The van der Waals surface area contributed by atoms with Crippen molar-refractivity contribution in [1.82, 2.24) is 4.98 Å². The summed E-state index contributed by atoms with van der Waals surface area (Å²) in [7, 11) is 0. The fourth-order valence-corrected chi connectivity index (χ4v) is 2.79. The quantitative estimate of drug-likeness (QED) is 0.651. The molecule has 5 heteroatoms. The normalized spacial score (nSPS) is 10.3. The predicted molar refractivity (Wildman–Crippen MR) is 109 cm³/mol. The first-order chi connectivity index (χ1) is 13.2. The third kappa shape index (κ3) is 4.44. The van der Waals surface area contributed by atoms with Gasteiger partial charge in [-0.1, -0.05) is 30.3 Å². The highest BCUT2D eigenvalue weighted by Crippen LogP contribution is 2.26. The number of benzene rings is 2. The van der Waals surface area contributed by atoms with E-state index in [-0.39, 0.29) is 5.91 Å². The summed E-state index contributed by atoms with van der Waals surface area (Å²) in [6.45, 7) is 5.08. The first-order valence-corrected chi connectivity index (χ1v) is 9.04. The third-order valence-electron chi connectivity index (χ3n) is 4.09. The highest BCUT2D eigenvalue weighted by molar-refractivity contribution is 6.06. The minimum Gasteiger partial charge on any atom is -0.492 e. The zero-order valence-electron chi connectivity index (χ0n) is 15.6. The van der Waals surface area contributed by atoms with Crippen LogP contribution in [0, 0.1) is 0 Å². The summed E-state index contributed by atoms with van der Waals surface area (Å²) in [5, 5.41) is 3.24. The van der Waals surface area contributed by atoms with E-state index in [9.17, 15) is 4.79 Å². The summed E-state index contributed by atoms with van der Waals surface area (Å²) in [4.78, 5) is 19.0. The minimum absolute atomic E-state index is 0.0718. The summed E-state index contributed by atoms with van der Waals surface area (Å²) in [6.07, 6.45) is 1.60. The summed E-state index contributed by atoms with van der Waals surface area (Å²) < 4.78 is 5.62. The highest BCUT2D eigenvalue weighted by atomic mass is 16.5. The van der Waals surface area contributed by atoms with E-state index in [0.717, 1.165) is 17.1 Å². The van der Waals surface area contributed by atoms with Crippen LogP contribution < -0.4 is 15.0 Å². The Bertz CT molecular complexity index is 880. The fraction of sp³-hybridized carbons (Fsp3) is 0.182. The van der Waals surface area contributed by atoms with Gasteiger partial charge in [-0.3, -0.25) is 4.79 Å². The van der Waals surface area contributed by atoms with E-state index >= 15 is 0 Å². The van der Waals surface area contributed by atoms with E-state index in [1.54, 1.807) is 23.2 Å². The lowest BCUT2D eigenvalue weighted by Crippen LogP contribution is -2.30. The smallest absolute Gasteiger partial charge is 0.259 e. The monoisotopic (exact) mass is 361 g/mol. The van der Waals surface area contributed by atoms with Crippen molar-refractivity contribution in [3.05, 3.63) is 78.5 Å². The molecule has 3 aromatic rings. The molecule has 1 aromatic heterocycles. The standard InChI is InChI=1S/C22H23N3O2/c1-3-25(18-10-6-5-7-11-18)22(26)17-14-15-21(23-16-17)24-19-12-8-9-13-20(19)27-4-2/h5-16H,3-4H2,1-2H3,(H,23,24).